The summed E-state index contributed by atoms with van der Waals surface area (Å²) in [5.41, 5.74) is 0.817. The Morgan fingerprint density at radius 2 is 2.00 bits per heavy atom. The predicted molar refractivity (Wildman–Crippen MR) is 65.1 cm³/mol. The maximum atomic E-state index is 13.5. The Kier molecular flexibility index (Phi) is 3.27. The first-order chi connectivity index (χ1) is 8.81. The fourth-order valence-corrected chi connectivity index (χ4v) is 2.65. The Morgan fingerprint density at radius 1 is 1.32 bits per heavy atom. The molecule has 0 aliphatic rings. The molecule has 0 saturated carbocycles. The number of hydrogen-bond donors (Lipinski definition) is 1. The van der Waals surface area contributed by atoms with Crippen LogP contribution in [-0.2, 0) is 17.1 Å². The number of sulfonamides is 1. The zero-order valence-corrected chi connectivity index (χ0v) is 11.0. The van der Waals surface area contributed by atoms with Crippen molar-refractivity contribution in [3.8, 4) is 0 Å². The molecule has 2 aromatic rings. The summed E-state index contributed by atoms with van der Waals surface area (Å²) in [6.45, 7) is 1.66. The van der Waals surface area contributed by atoms with Crippen molar-refractivity contribution < 1.29 is 17.2 Å². The lowest BCUT2D eigenvalue weighted by molar-refractivity contribution is 0.551. The number of hydrogen-bond acceptors (Lipinski definition) is 3. The summed E-state index contributed by atoms with van der Waals surface area (Å²) in [6.07, 6.45) is 1.31. The van der Waals surface area contributed by atoms with Gasteiger partial charge in [0.15, 0.2) is 0 Å². The summed E-state index contributed by atoms with van der Waals surface area (Å²) in [5.74, 6) is -1.98. The van der Waals surface area contributed by atoms with Gasteiger partial charge in [-0.25, -0.2) is 17.2 Å². The highest BCUT2D eigenvalue weighted by molar-refractivity contribution is 7.92. The molecule has 1 aromatic heterocycles. The molecule has 0 aliphatic heterocycles. The zero-order valence-electron chi connectivity index (χ0n) is 10.2. The summed E-state index contributed by atoms with van der Waals surface area (Å²) in [5, 5.41) is 3.87. The first-order valence-corrected chi connectivity index (χ1v) is 6.76. The lowest BCUT2D eigenvalue weighted by atomic mass is 10.3. The van der Waals surface area contributed by atoms with Crippen molar-refractivity contribution in [2.24, 2.45) is 7.05 Å². The number of benzene rings is 1. The van der Waals surface area contributed by atoms with Gasteiger partial charge in [-0.2, -0.15) is 5.10 Å². The van der Waals surface area contributed by atoms with Crippen LogP contribution in [0.25, 0.3) is 0 Å². The van der Waals surface area contributed by atoms with Gasteiger partial charge >= 0.3 is 0 Å². The largest absolute Gasteiger partial charge is 0.276 e. The summed E-state index contributed by atoms with van der Waals surface area (Å²) < 4.78 is 53.9. The van der Waals surface area contributed by atoms with Crippen molar-refractivity contribution >= 4 is 15.7 Å². The standard InChI is InChI=1S/C11H11F2N3O2S/c1-7-10(6-14-16(7)2)15-19(17,18)11-4-3-8(12)5-9(11)13/h3-6,15H,1-2H3. The molecule has 1 heterocycles. The van der Waals surface area contributed by atoms with Crippen LogP contribution in [0.15, 0.2) is 29.3 Å². The van der Waals surface area contributed by atoms with E-state index >= 15 is 0 Å². The van der Waals surface area contributed by atoms with Crippen LogP contribution in [-0.4, -0.2) is 18.2 Å². The van der Waals surface area contributed by atoms with Gasteiger partial charge in [-0.3, -0.25) is 9.40 Å². The summed E-state index contributed by atoms with van der Waals surface area (Å²) in [6, 6.07) is 2.27. The molecule has 0 amide bonds. The molecule has 1 aromatic carbocycles. The number of rotatable bonds is 3. The molecule has 0 bridgehead atoms. The summed E-state index contributed by atoms with van der Waals surface area (Å²) >= 11 is 0. The van der Waals surface area contributed by atoms with E-state index in [4.69, 9.17) is 0 Å². The minimum atomic E-state index is -4.11. The fourth-order valence-electron chi connectivity index (χ4n) is 1.49. The number of nitrogens with one attached hydrogen (secondary N) is 1. The number of aromatic nitrogens is 2. The van der Waals surface area contributed by atoms with E-state index in [1.54, 1.807) is 14.0 Å². The molecule has 1 N–H and O–H groups in total. The average Bonchev–Trinajstić information content (AvgIpc) is 2.60. The van der Waals surface area contributed by atoms with E-state index in [0.29, 0.717) is 11.8 Å². The maximum Gasteiger partial charge on any atom is 0.264 e. The van der Waals surface area contributed by atoms with Crippen molar-refractivity contribution in [3.63, 3.8) is 0 Å². The lowest BCUT2D eigenvalue weighted by Gasteiger charge is -2.08. The van der Waals surface area contributed by atoms with Crippen molar-refractivity contribution in [2.45, 2.75) is 11.8 Å². The van der Waals surface area contributed by atoms with Gasteiger partial charge in [0.1, 0.15) is 16.5 Å². The second-order valence-corrected chi connectivity index (χ2v) is 5.60. The van der Waals surface area contributed by atoms with E-state index in [1.165, 1.54) is 10.9 Å². The quantitative estimate of drug-likeness (QED) is 0.936. The van der Waals surface area contributed by atoms with Crippen LogP contribution in [0.2, 0.25) is 0 Å². The monoisotopic (exact) mass is 287 g/mol. The molecule has 8 heteroatoms. The van der Waals surface area contributed by atoms with Crippen LogP contribution in [0.3, 0.4) is 0 Å². The third-order valence-corrected chi connectivity index (χ3v) is 4.06. The van der Waals surface area contributed by atoms with Crippen LogP contribution in [0.1, 0.15) is 5.69 Å². The molecule has 0 fully saturated rings. The molecular formula is C11H11F2N3O2S. The van der Waals surface area contributed by atoms with Gasteiger partial charge in [0.2, 0.25) is 0 Å². The normalized spacial score (nSPS) is 11.6. The highest BCUT2D eigenvalue weighted by Gasteiger charge is 2.21. The Bertz CT molecular complexity index is 726. The smallest absolute Gasteiger partial charge is 0.264 e. The zero-order chi connectivity index (χ0) is 14.2. The number of nitrogens with zero attached hydrogens (tertiary/aromatic N) is 2. The minimum Gasteiger partial charge on any atom is -0.276 e. The second-order valence-electron chi connectivity index (χ2n) is 3.95. The molecular weight excluding hydrogens is 276 g/mol. The number of halogens is 2. The summed E-state index contributed by atoms with van der Waals surface area (Å²) in [4.78, 5) is -0.614. The van der Waals surface area contributed by atoms with Crippen LogP contribution < -0.4 is 4.72 Å². The molecule has 19 heavy (non-hydrogen) atoms. The van der Waals surface area contributed by atoms with Gasteiger partial charge in [-0.15, -0.1) is 0 Å². The number of anilines is 1. The van der Waals surface area contributed by atoms with Crippen LogP contribution >= 0.6 is 0 Å². The first-order valence-electron chi connectivity index (χ1n) is 5.28. The number of aryl methyl sites for hydroxylation is 1. The van der Waals surface area contributed by atoms with E-state index < -0.39 is 26.6 Å². The molecule has 102 valence electrons. The van der Waals surface area contributed by atoms with Gasteiger partial charge < -0.3 is 0 Å². The Labute approximate surface area is 108 Å². The van der Waals surface area contributed by atoms with Crippen LogP contribution in [0.4, 0.5) is 14.5 Å². The van der Waals surface area contributed by atoms with E-state index in [9.17, 15) is 17.2 Å². The van der Waals surface area contributed by atoms with E-state index in [0.717, 1.165) is 12.1 Å². The molecule has 0 aliphatic carbocycles. The maximum absolute atomic E-state index is 13.5. The Morgan fingerprint density at radius 3 is 2.53 bits per heavy atom. The molecule has 5 nitrogen and oxygen atoms in total. The van der Waals surface area contributed by atoms with Gasteiger partial charge in [0.05, 0.1) is 17.6 Å². The average molecular weight is 287 g/mol. The summed E-state index contributed by atoms with van der Waals surface area (Å²) in [7, 11) is -2.47. The van der Waals surface area contributed by atoms with Crippen molar-refractivity contribution in [1.29, 1.82) is 0 Å². The predicted octanol–water partition coefficient (Wildman–Crippen LogP) is 1.81. The molecule has 0 spiro atoms. The van der Waals surface area contributed by atoms with E-state index in [2.05, 4.69) is 9.82 Å². The second kappa shape index (κ2) is 4.61. The van der Waals surface area contributed by atoms with Crippen molar-refractivity contribution in [3.05, 3.63) is 41.7 Å². The van der Waals surface area contributed by atoms with Gasteiger partial charge in [0, 0.05) is 13.1 Å². The Hall–Kier alpha value is -1.96. The van der Waals surface area contributed by atoms with Crippen LogP contribution in [0, 0.1) is 18.6 Å². The van der Waals surface area contributed by atoms with Gasteiger partial charge in [-0.1, -0.05) is 0 Å². The molecule has 0 radical (unpaired) electrons. The molecule has 0 atom stereocenters. The van der Waals surface area contributed by atoms with Gasteiger partial charge in [0.25, 0.3) is 10.0 Å². The molecule has 0 saturated heterocycles. The highest BCUT2D eigenvalue weighted by atomic mass is 32.2. The third kappa shape index (κ3) is 2.58. The fraction of sp³-hybridized carbons (Fsp3) is 0.182. The third-order valence-electron chi connectivity index (χ3n) is 2.66. The minimum absolute atomic E-state index is 0.242. The SMILES string of the molecule is Cc1c(NS(=O)(=O)c2ccc(F)cc2F)cnn1C. The molecule has 0 unspecified atom stereocenters. The molecule has 2 rings (SSSR count). The topological polar surface area (TPSA) is 64.0 Å². The van der Waals surface area contributed by atoms with E-state index in [-0.39, 0.29) is 5.69 Å². The van der Waals surface area contributed by atoms with E-state index in [1.807, 2.05) is 0 Å². The van der Waals surface area contributed by atoms with Crippen LogP contribution in [0.5, 0.6) is 0 Å². The van der Waals surface area contributed by atoms with Crippen molar-refractivity contribution in [2.75, 3.05) is 4.72 Å². The highest BCUT2D eigenvalue weighted by Crippen LogP contribution is 2.21. The lowest BCUT2D eigenvalue weighted by Crippen LogP contribution is -2.15. The first kappa shape index (κ1) is 13.5. The van der Waals surface area contributed by atoms with Crippen molar-refractivity contribution in [1.82, 2.24) is 9.78 Å². The van der Waals surface area contributed by atoms with Gasteiger partial charge in [-0.05, 0) is 19.1 Å². The Balaban J connectivity index is 2.41.